The third kappa shape index (κ3) is 3.55. The SMILES string of the molecule is CCN(CC(=O)c1cc(C)[nH]c1C)Cc1cccs1. The minimum Gasteiger partial charge on any atom is -0.362 e. The Morgan fingerprint density at radius 1 is 1.42 bits per heavy atom. The number of thiophene rings is 1. The highest BCUT2D eigenvalue weighted by Gasteiger charge is 2.15. The van der Waals surface area contributed by atoms with Crippen molar-refractivity contribution in [2.75, 3.05) is 13.1 Å². The predicted octanol–water partition coefficient (Wildman–Crippen LogP) is 3.40. The predicted molar refractivity (Wildman–Crippen MR) is 79.9 cm³/mol. The van der Waals surface area contributed by atoms with Crippen molar-refractivity contribution >= 4 is 17.1 Å². The van der Waals surface area contributed by atoms with Crippen molar-refractivity contribution in [2.45, 2.75) is 27.3 Å². The van der Waals surface area contributed by atoms with Crippen LogP contribution in [0.15, 0.2) is 23.6 Å². The Morgan fingerprint density at radius 3 is 2.74 bits per heavy atom. The molecule has 0 aliphatic heterocycles. The number of likely N-dealkylation sites (N-methyl/N-ethyl adjacent to an activating group) is 1. The molecule has 0 unspecified atom stereocenters. The van der Waals surface area contributed by atoms with Gasteiger partial charge >= 0.3 is 0 Å². The maximum absolute atomic E-state index is 12.3. The van der Waals surface area contributed by atoms with Gasteiger partial charge in [-0.15, -0.1) is 11.3 Å². The second-order valence-electron chi connectivity index (χ2n) is 4.80. The lowest BCUT2D eigenvalue weighted by Gasteiger charge is -2.18. The molecule has 0 saturated heterocycles. The van der Waals surface area contributed by atoms with Crippen molar-refractivity contribution in [3.8, 4) is 0 Å². The van der Waals surface area contributed by atoms with Crippen LogP contribution in [0.1, 0.15) is 33.5 Å². The molecule has 0 saturated carbocycles. The summed E-state index contributed by atoms with van der Waals surface area (Å²) in [4.78, 5) is 19.0. The van der Waals surface area contributed by atoms with Crippen LogP contribution in [-0.2, 0) is 6.54 Å². The summed E-state index contributed by atoms with van der Waals surface area (Å²) in [6.45, 7) is 8.24. The van der Waals surface area contributed by atoms with Gasteiger partial charge in [0.15, 0.2) is 5.78 Å². The maximum Gasteiger partial charge on any atom is 0.178 e. The average Bonchev–Trinajstić information content (AvgIpc) is 2.98. The zero-order valence-electron chi connectivity index (χ0n) is 11.7. The molecule has 2 aromatic heterocycles. The first-order valence-electron chi connectivity index (χ1n) is 6.54. The Morgan fingerprint density at radius 2 is 2.21 bits per heavy atom. The summed E-state index contributed by atoms with van der Waals surface area (Å²) in [5.74, 6) is 0.195. The van der Waals surface area contributed by atoms with E-state index in [-0.39, 0.29) is 5.78 Å². The normalized spacial score (nSPS) is 11.2. The van der Waals surface area contributed by atoms with Gasteiger partial charge in [0.2, 0.25) is 0 Å². The van der Waals surface area contributed by atoms with Crippen LogP contribution in [0.4, 0.5) is 0 Å². The summed E-state index contributed by atoms with van der Waals surface area (Å²) in [5, 5.41) is 2.07. The molecule has 0 aliphatic carbocycles. The van der Waals surface area contributed by atoms with Crippen molar-refractivity contribution in [3.63, 3.8) is 0 Å². The van der Waals surface area contributed by atoms with Gasteiger partial charge in [0.05, 0.1) is 6.54 Å². The van der Waals surface area contributed by atoms with Gasteiger partial charge in [0.25, 0.3) is 0 Å². The second kappa shape index (κ2) is 6.17. The van der Waals surface area contributed by atoms with Crippen LogP contribution in [-0.4, -0.2) is 28.8 Å². The molecule has 0 aromatic carbocycles. The zero-order chi connectivity index (χ0) is 13.8. The molecular weight excluding hydrogens is 256 g/mol. The quantitative estimate of drug-likeness (QED) is 0.821. The smallest absolute Gasteiger partial charge is 0.178 e. The zero-order valence-corrected chi connectivity index (χ0v) is 12.5. The fraction of sp³-hybridized carbons (Fsp3) is 0.400. The molecule has 0 fully saturated rings. The standard InChI is InChI=1S/C15H20N2OS/c1-4-17(9-13-6-5-7-19-13)10-15(18)14-8-11(2)16-12(14)3/h5-8,16H,4,9-10H2,1-3H3. The third-order valence-electron chi connectivity index (χ3n) is 3.22. The Balaban J connectivity index is 2.02. The number of carbonyl (C=O) groups is 1. The van der Waals surface area contributed by atoms with E-state index in [1.54, 1.807) is 11.3 Å². The molecule has 0 atom stereocenters. The topological polar surface area (TPSA) is 36.1 Å². The third-order valence-corrected chi connectivity index (χ3v) is 4.09. The summed E-state index contributed by atoms with van der Waals surface area (Å²) in [6.07, 6.45) is 0. The molecule has 0 radical (unpaired) electrons. The van der Waals surface area contributed by atoms with Crippen LogP contribution in [0.2, 0.25) is 0 Å². The van der Waals surface area contributed by atoms with Crippen LogP contribution < -0.4 is 0 Å². The Labute approximate surface area is 118 Å². The highest BCUT2D eigenvalue weighted by atomic mass is 32.1. The molecule has 0 bridgehead atoms. The van der Waals surface area contributed by atoms with Crippen LogP contribution in [0, 0.1) is 13.8 Å². The molecule has 0 aliphatic rings. The van der Waals surface area contributed by atoms with E-state index in [0.29, 0.717) is 6.54 Å². The molecule has 4 heteroatoms. The molecule has 1 N–H and O–H groups in total. The molecule has 0 amide bonds. The molecule has 102 valence electrons. The first kappa shape index (κ1) is 14.0. The molecular formula is C15H20N2OS. The largest absolute Gasteiger partial charge is 0.362 e. The van der Waals surface area contributed by atoms with Crippen LogP contribution in [0.25, 0.3) is 0 Å². The number of aromatic nitrogens is 1. The number of hydrogen-bond acceptors (Lipinski definition) is 3. The number of aryl methyl sites for hydroxylation is 2. The van der Waals surface area contributed by atoms with E-state index in [4.69, 9.17) is 0 Å². The Kier molecular flexibility index (Phi) is 4.56. The monoisotopic (exact) mass is 276 g/mol. The lowest BCUT2D eigenvalue weighted by molar-refractivity contribution is 0.0929. The first-order chi connectivity index (χ1) is 9.10. The second-order valence-corrected chi connectivity index (χ2v) is 5.83. The molecule has 0 spiro atoms. The van der Waals surface area contributed by atoms with Gasteiger partial charge in [-0.1, -0.05) is 13.0 Å². The number of nitrogens with zero attached hydrogens (tertiary/aromatic N) is 1. The van der Waals surface area contributed by atoms with Crippen molar-refractivity contribution in [3.05, 3.63) is 45.4 Å². The summed E-state index contributed by atoms with van der Waals surface area (Å²) in [7, 11) is 0. The lowest BCUT2D eigenvalue weighted by Crippen LogP contribution is -2.29. The Bertz CT molecular complexity index is 543. The fourth-order valence-corrected chi connectivity index (χ4v) is 2.95. The van der Waals surface area contributed by atoms with Crippen molar-refractivity contribution < 1.29 is 4.79 Å². The summed E-state index contributed by atoms with van der Waals surface area (Å²) in [6, 6.07) is 6.11. The highest BCUT2D eigenvalue weighted by molar-refractivity contribution is 7.09. The average molecular weight is 276 g/mol. The molecule has 2 aromatic rings. The minimum absolute atomic E-state index is 0.195. The molecule has 3 nitrogen and oxygen atoms in total. The minimum atomic E-state index is 0.195. The van der Waals surface area contributed by atoms with E-state index in [9.17, 15) is 4.79 Å². The lowest BCUT2D eigenvalue weighted by atomic mass is 10.1. The number of aromatic amines is 1. The van der Waals surface area contributed by atoms with Crippen molar-refractivity contribution in [1.29, 1.82) is 0 Å². The number of hydrogen-bond donors (Lipinski definition) is 1. The number of rotatable bonds is 6. The number of H-pyrrole nitrogens is 1. The van der Waals surface area contributed by atoms with Crippen molar-refractivity contribution in [1.82, 2.24) is 9.88 Å². The van der Waals surface area contributed by atoms with Crippen LogP contribution >= 0.6 is 11.3 Å². The summed E-state index contributed by atoms with van der Waals surface area (Å²) in [5.41, 5.74) is 2.83. The van der Waals surface area contributed by atoms with E-state index in [1.165, 1.54) is 4.88 Å². The van der Waals surface area contributed by atoms with Gasteiger partial charge in [0, 0.05) is 28.4 Å². The fourth-order valence-electron chi connectivity index (χ4n) is 2.20. The summed E-state index contributed by atoms with van der Waals surface area (Å²) < 4.78 is 0. The van der Waals surface area contributed by atoms with Gasteiger partial charge in [-0.3, -0.25) is 9.69 Å². The van der Waals surface area contributed by atoms with E-state index >= 15 is 0 Å². The van der Waals surface area contributed by atoms with Gasteiger partial charge in [-0.2, -0.15) is 0 Å². The van der Waals surface area contributed by atoms with Crippen LogP contribution in [0.5, 0.6) is 0 Å². The highest BCUT2D eigenvalue weighted by Crippen LogP contribution is 2.14. The molecule has 2 heterocycles. The number of carbonyl (C=O) groups excluding carboxylic acids is 1. The first-order valence-corrected chi connectivity index (χ1v) is 7.42. The van der Waals surface area contributed by atoms with E-state index in [2.05, 4.69) is 34.3 Å². The van der Waals surface area contributed by atoms with Gasteiger partial charge in [-0.05, 0) is 37.9 Å². The van der Waals surface area contributed by atoms with Gasteiger partial charge in [-0.25, -0.2) is 0 Å². The molecule has 2 rings (SSSR count). The number of ketones is 1. The number of nitrogens with one attached hydrogen (secondary N) is 1. The van der Waals surface area contributed by atoms with Gasteiger partial charge in [0.1, 0.15) is 0 Å². The maximum atomic E-state index is 12.3. The van der Waals surface area contributed by atoms with Gasteiger partial charge < -0.3 is 4.98 Å². The van der Waals surface area contributed by atoms with Crippen LogP contribution in [0.3, 0.4) is 0 Å². The van der Waals surface area contributed by atoms with E-state index in [1.807, 2.05) is 19.9 Å². The summed E-state index contributed by atoms with van der Waals surface area (Å²) >= 11 is 1.74. The Hall–Kier alpha value is -1.39. The number of Topliss-reactive ketones (excluding diaryl/α,β-unsaturated/α-hetero) is 1. The van der Waals surface area contributed by atoms with E-state index in [0.717, 1.165) is 30.0 Å². The molecule has 19 heavy (non-hydrogen) atoms. The van der Waals surface area contributed by atoms with Crippen molar-refractivity contribution in [2.24, 2.45) is 0 Å². The van der Waals surface area contributed by atoms with E-state index < -0.39 is 0 Å².